The van der Waals surface area contributed by atoms with E-state index in [2.05, 4.69) is 43.6 Å². The van der Waals surface area contributed by atoms with E-state index in [4.69, 9.17) is 37.1 Å². The summed E-state index contributed by atoms with van der Waals surface area (Å²) in [6.07, 6.45) is -5.27. The monoisotopic (exact) mass is 713 g/mol. The van der Waals surface area contributed by atoms with Crippen molar-refractivity contribution in [2.24, 2.45) is 0 Å². The van der Waals surface area contributed by atoms with Gasteiger partial charge in [-0.05, 0) is 0 Å². The second-order valence-electron chi connectivity index (χ2n) is 10.6. The number of aromatic amines is 2. The van der Waals surface area contributed by atoms with Crippen LogP contribution in [0.4, 0.5) is 11.8 Å². The van der Waals surface area contributed by atoms with Gasteiger partial charge in [0.15, 0.2) is 22.6 Å². The largest absolute Gasteiger partial charge is 0.756 e. The molecule has 3 aromatic heterocycles. The molecule has 0 aliphatic carbocycles. The minimum Gasteiger partial charge on any atom is -0.756 e. The summed E-state index contributed by atoms with van der Waals surface area (Å²) in [6.45, 7) is 4.79. The van der Waals surface area contributed by atoms with Gasteiger partial charge in [0, 0.05) is 17.2 Å². The van der Waals surface area contributed by atoms with Gasteiger partial charge in [-0.25, -0.2) is 18.6 Å². The van der Waals surface area contributed by atoms with Crippen molar-refractivity contribution in [3.05, 3.63) is 22.7 Å². The summed E-state index contributed by atoms with van der Waals surface area (Å²) < 4.78 is 65.0. The number of phosphoric acid groups is 3. The van der Waals surface area contributed by atoms with Gasteiger partial charge in [0.25, 0.3) is 29.4 Å². The Labute approximate surface area is 257 Å². The molecule has 248 valence electrons. The van der Waals surface area contributed by atoms with Gasteiger partial charge < -0.3 is 54.3 Å². The maximum atomic E-state index is 13.1. The quantitative estimate of drug-likeness (QED) is 0.127. The molecule has 45 heavy (non-hydrogen) atoms. The smallest absolute Gasteiger partial charge is 0.282 e. The van der Waals surface area contributed by atoms with E-state index in [1.54, 1.807) is 6.07 Å². The van der Waals surface area contributed by atoms with Crippen molar-refractivity contribution in [3.8, 4) is 0 Å². The number of rotatable bonds is 10. The van der Waals surface area contributed by atoms with E-state index in [0.717, 1.165) is 5.69 Å². The summed E-state index contributed by atoms with van der Waals surface area (Å²) in [5.41, 5.74) is 6.64. The second kappa shape index (κ2) is 12.0. The number of nitrogens with one attached hydrogen (secondary N) is 3. The van der Waals surface area contributed by atoms with Crippen LogP contribution in [-0.2, 0) is 51.3 Å². The fourth-order valence-corrected chi connectivity index (χ4v) is 7.51. The molecule has 3 aromatic rings. The molecule has 0 aromatic carbocycles. The first-order chi connectivity index (χ1) is 20.7. The molecule has 5 rings (SSSR count). The fourth-order valence-electron chi connectivity index (χ4n) is 4.37. The van der Waals surface area contributed by atoms with Crippen LogP contribution in [0.3, 0.4) is 0 Å². The van der Waals surface area contributed by atoms with E-state index in [9.17, 15) is 33.2 Å². The predicted molar refractivity (Wildman–Crippen MR) is 144 cm³/mol. The first-order valence-electron chi connectivity index (χ1n) is 12.5. The number of phosphoric ester groups is 1. The minimum atomic E-state index is -6.15. The number of ether oxygens (including phenoxy) is 3. The van der Waals surface area contributed by atoms with Gasteiger partial charge in [0.05, 0.1) is 12.9 Å². The third kappa shape index (κ3) is 7.75. The number of nitrogen functional groups attached to an aromatic ring is 1. The molecule has 22 nitrogen and oxygen atoms in total. The van der Waals surface area contributed by atoms with Crippen LogP contribution >= 0.6 is 35.7 Å². The Kier molecular flexibility index (Phi) is 9.01. The topological polar surface area (TPSA) is 326 Å². The van der Waals surface area contributed by atoms with E-state index in [1.807, 2.05) is 20.8 Å². The Morgan fingerprint density at radius 2 is 1.87 bits per heavy atom. The first-order valence-corrected chi connectivity index (χ1v) is 17.3. The number of hydrogen-bond donors (Lipinski definition) is 5. The molecule has 0 saturated carbocycles. The molecular formula is C19H24N8O14P3S-3. The number of anilines is 2. The van der Waals surface area contributed by atoms with E-state index < -0.39 is 66.8 Å². The number of carbonyl (C=O) groups is 1. The maximum absolute atomic E-state index is 13.1. The highest BCUT2D eigenvalue weighted by atomic mass is 32.1. The number of hydrogen-bond acceptors (Lipinski definition) is 18. The van der Waals surface area contributed by atoms with Crippen molar-refractivity contribution < 1.29 is 65.4 Å². The van der Waals surface area contributed by atoms with Crippen LogP contribution in [0.25, 0.3) is 11.2 Å². The number of fused-ring (bicyclic) bond motifs is 2. The average molecular weight is 713 g/mol. The van der Waals surface area contributed by atoms with Crippen LogP contribution in [0, 0.1) is 4.64 Å². The van der Waals surface area contributed by atoms with Gasteiger partial charge in [-0.2, -0.15) is 5.10 Å². The summed E-state index contributed by atoms with van der Waals surface area (Å²) in [5, 5.41) is 9.41. The van der Waals surface area contributed by atoms with Gasteiger partial charge in [-0.3, -0.25) is 28.2 Å². The van der Waals surface area contributed by atoms with Crippen LogP contribution in [0.1, 0.15) is 32.7 Å². The predicted octanol–water partition coefficient (Wildman–Crippen LogP) is -0.815. The number of carbonyl (C=O) groups excluding carboxylic acids is 1. The number of imidazole rings is 1. The van der Waals surface area contributed by atoms with Crippen molar-refractivity contribution in [3.63, 3.8) is 0 Å². The Morgan fingerprint density at radius 1 is 1.18 bits per heavy atom. The molecule has 0 radical (unpaired) electrons. The summed E-state index contributed by atoms with van der Waals surface area (Å²) in [4.78, 5) is 67.0. The molecular weight excluding hydrogens is 689 g/mol. The van der Waals surface area contributed by atoms with Crippen molar-refractivity contribution >= 4 is 64.5 Å². The molecule has 2 fully saturated rings. The van der Waals surface area contributed by atoms with Gasteiger partial charge in [0.2, 0.25) is 6.29 Å². The summed E-state index contributed by atoms with van der Waals surface area (Å²) in [5.74, 6) is -0.693. The number of aromatic nitrogens is 6. The zero-order chi connectivity index (χ0) is 33.1. The lowest BCUT2D eigenvalue weighted by Gasteiger charge is -2.33. The molecule has 6 N–H and O–H groups in total. The fraction of sp³-hybridized carbons (Fsp3) is 0.526. The van der Waals surface area contributed by atoms with Crippen molar-refractivity contribution in [1.29, 1.82) is 0 Å². The Morgan fingerprint density at radius 3 is 2.51 bits per heavy atom. The highest BCUT2D eigenvalue weighted by molar-refractivity contribution is 7.71. The number of H-pyrrole nitrogens is 2. The molecule has 2 aliphatic rings. The van der Waals surface area contributed by atoms with E-state index >= 15 is 0 Å². The summed E-state index contributed by atoms with van der Waals surface area (Å²) in [7, 11) is -18.0. The van der Waals surface area contributed by atoms with Crippen LogP contribution < -0.4 is 25.7 Å². The molecule has 2 aliphatic heterocycles. The molecule has 1 amide bonds. The van der Waals surface area contributed by atoms with Crippen LogP contribution in [0.15, 0.2) is 12.4 Å². The molecule has 0 bridgehead atoms. The van der Waals surface area contributed by atoms with Gasteiger partial charge in [0.1, 0.15) is 29.5 Å². The molecule has 26 heteroatoms. The summed E-state index contributed by atoms with van der Waals surface area (Å²) in [6, 6.07) is 1.61. The van der Waals surface area contributed by atoms with E-state index in [-0.39, 0.29) is 33.0 Å². The van der Waals surface area contributed by atoms with E-state index in [1.165, 1.54) is 10.9 Å². The van der Waals surface area contributed by atoms with Gasteiger partial charge in [-0.15, -0.1) is 0 Å². The Balaban J connectivity index is 1.37. The van der Waals surface area contributed by atoms with Crippen molar-refractivity contribution in [2.45, 2.75) is 57.0 Å². The standard InChI is InChI=1S/C19H27N8O14P3S/c1-19(2,3)8-4-9(26-25-8)22-14(28)17-38-11-7(5-36-43(32,33)41-44(34,35)40-42(29,30)31)37-16(12(11)39-17)27-6-21-10-13(27)23-18(20)24-15(10)45/h4,6-7,11-12,16-17H,5H2,1-3H3,(H,32,33)(H,34,35)(H2,29,30,31)(H3,20,23,24,45)(H2,22,25,26,28)/p-3. The maximum Gasteiger partial charge on any atom is 0.282 e. The number of nitrogens with two attached hydrogens (primary N) is 1. The number of amides is 1. The highest BCUT2D eigenvalue weighted by Gasteiger charge is 2.55. The van der Waals surface area contributed by atoms with Gasteiger partial charge >= 0.3 is 0 Å². The zero-order valence-corrected chi connectivity index (χ0v) is 26.6. The lowest BCUT2D eigenvalue weighted by molar-refractivity contribution is -0.250. The molecule has 5 heterocycles. The normalized spacial score (nSPS) is 27.5. The minimum absolute atomic E-state index is 0.0445. The molecule has 0 spiro atoms. The van der Waals surface area contributed by atoms with Crippen LogP contribution in [0.2, 0.25) is 0 Å². The second-order valence-corrected chi connectivity index (χ2v) is 15.3. The Bertz CT molecular complexity index is 1820. The first kappa shape index (κ1) is 33.9. The lowest BCUT2D eigenvalue weighted by atomic mass is 9.92. The lowest BCUT2D eigenvalue weighted by Crippen LogP contribution is -2.34. The van der Waals surface area contributed by atoms with Crippen LogP contribution in [-0.4, -0.2) is 71.7 Å². The highest BCUT2D eigenvalue weighted by Crippen LogP contribution is 2.61. The average Bonchev–Trinajstić information content (AvgIpc) is 3.63. The van der Waals surface area contributed by atoms with Crippen molar-refractivity contribution in [1.82, 2.24) is 29.7 Å². The third-order valence-corrected chi connectivity index (χ3v) is 10.2. The third-order valence-electron chi connectivity index (χ3n) is 6.24. The SMILES string of the molecule is CC(C)(C)c1cc(NC(=O)C2OC3C(COP(=O)([O-])OP(=O)([O-])OP(=O)([O-])O)OC(n4cnc5c(=S)nc(N)[nH]c54)C3O2)n[nH]1. The molecule has 8 unspecified atom stereocenters. The zero-order valence-electron chi connectivity index (χ0n) is 23.1. The van der Waals surface area contributed by atoms with Crippen LogP contribution in [0.5, 0.6) is 0 Å². The molecule has 2 saturated heterocycles. The van der Waals surface area contributed by atoms with E-state index in [0.29, 0.717) is 0 Å². The summed E-state index contributed by atoms with van der Waals surface area (Å²) >= 11 is 5.19. The van der Waals surface area contributed by atoms with Gasteiger partial charge in [-0.1, -0.05) is 33.0 Å². The molecule has 8 atom stereocenters. The van der Waals surface area contributed by atoms with Crippen molar-refractivity contribution in [2.75, 3.05) is 17.7 Å². The number of nitrogens with zero attached hydrogens (tertiary/aromatic N) is 4. The Hall–Kier alpha value is -2.46.